The number of phosphoric acid groups is 1. The number of aliphatic hydroxyl groups excluding tert-OH is 1. The molecule has 0 bridgehead atoms. The summed E-state index contributed by atoms with van der Waals surface area (Å²) < 4.78 is 23.4. The number of nitrogens with zero attached hydrogens (tertiary/aromatic N) is 1. The van der Waals surface area contributed by atoms with Crippen molar-refractivity contribution in [2.75, 3.05) is 40.9 Å². The first-order chi connectivity index (χ1) is 26.0. The minimum Gasteiger partial charge on any atom is -0.387 e. The van der Waals surface area contributed by atoms with Crippen molar-refractivity contribution in [3.63, 3.8) is 0 Å². The van der Waals surface area contributed by atoms with Gasteiger partial charge < -0.3 is 19.8 Å². The normalized spacial score (nSPS) is 14.9. The molecular formula is C45H86N2O6P+. The second kappa shape index (κ2) is 37.1. The number of allylic oxidation sites excluding steroid dienone is 7. The van der Waals surface area contributed by atoms with Gasteiger partial charge in [-0.15, -0.1) is 0 Å². The monoisotopic (exact) mass is 782 g/mol. The Balaban J connectivity index is 4.11. The number of nitrogens with one attached hydrogen (secondary N) is 1. The summed E-state index contributed by atoms with van der Waals surface area (Å²) in [4.78, 5) is 23.0. The van der Waals surface area contributed by atoms with Crippen LogP contribution in [0.15, 0.2) is 48.6 Å². The number of hydrogen-bond acceptors (Lipinski definition) is 5. The van der Waals surface area contributed by atoms with E-state index in [1.54, 1.807) is 6.08 Å². The van der Waals surface area contributed by atoms with Crippen molar-refractivity contribution in [3.8, 4) is 0 Å². The van der Waals surface area contributed by atoms with Gasteiger partial charge in [-0.1, -0.05) is 165 Å². The summed E-state index contributed by atoms with van der Waals surface area (Å²) in [6, 6.07) is -0.860. The molecule has 3 atom stereocenters. The van der Waals surface area contributed by atoms with E-state index in [1.807, 2.05) is 27.2 Å². The topological polar surface area (TPSA) is 105 Å². The number of rotatable bonds is 39. The third kappa shape index (κ3) is 38.7. The number of amides is 1. The Hall–Kier alpha value is -1.54. The molecule has 316 valence electrons. The molecule has 0 aromatic heterocycles. The number of aliphatic hydroxyl groups is 1. The van der Waals surface area contributed by atoms with Gasteiger partial charge in [-0.2, -0.15) is 0 Å². The summed E-state index contributed by atoms with van der Waals surface area (Å²) >= 11 is 0. The number of hydrogen-bond donors (Lipinski definition) is 3. The summed E-state index contributed by atoms with van der Waals surface area (Å²) in [5, 5.41) is 13.7. The van der Waals surface area contributed by atoms with Gasteiger partial charge in [-0.25, -0.2) is 4.57 Å². The Kier molecular flexibility index (Phi) is 36.0. The van der Waals surface area contributed by atoms with Crippen molar-refractivity contribution in [1.82, 2.24) is 5.32 Å². The lowest BCUT2D eigenvalue weighted by Crippen LogP contribution is -2.45. The zero-order chi connectivity index (χ0) is 40.0. The van der Waals surface area contributed by atoms with Crippen LogP contribution in [-0.4, -0.2) is 73.4 Å². The standard InChI is InChI=1S/C45H85N2O6P/c1-6-8-10-12-14-15-16-17-18-19-20-21-22-23-24-25-26-27-28-29-30-31-33-35-37-39-45(49)46-43(44(48)38-36-34-32-13-11-9-7-2)42-53-54(50,51)52-41-40-47(3,4)5/h11,13,16-17,19-20,36,38,43-44,48H,6-10,12,14-15,18,21-35,37,39-42H2,1-5H3,(H-,46,49,50,51)/p+1/b13-11+,17-16-,20-19-,38-36+. The average molecular weight is 782 g/mol. The van der Waals surface area contributed by atoms with Crippen LogP contribution in [0.25, 0.3) is 0 Å². The van der Waals surface area contributed by atoms with Crippen molar-refractivity contribution in [2.45, 2.75) is 193 Å². The lowest BCUT2D eigenvalue weighted by Gasteiger charge is -2.25. The van der Waals surface area contributed by atoms with Crippen molar-refractivity contribution >= 4 is 13.7 Å². The first-order valence-electron chi connectivity index (χ1n) is 22.0. The van der Waals surface area contributed by atoms with E-state index >= 15 is 0 Å². The van der Waals surface area contributed by atoms with E-state index in [2.05, 4.69) is 55.6 Å². The van der Waals surface area contributed by atoms with Gasteiger partial charge in [0.1, 0.15) is 13.2 Å². The molecule has 0 aliphatic heterocycles. The molecule has 0 fully saturated rings. The molecule has 0 rings (SSSR count). The van der Waals surface area contributed by atoms with Crippen LogP contribution in [0.2, 0.25) is 0 Å². The molecule has 0 aromatic carbocycles. The van der Waals surface area contributed by atoms with Crippen LogP contribution in [0, 0.1) is 0 Å². The first-order valence-corrected chi connectivity index (χ1v) is 23.5. The van der Waals surface area contributed by atoms with Crippen LogP contribution in [-0.2, 0) is 18.4 Å². The van der Waals surface area contributed by atoms with Gasteiger partial charge >= 0.3 is 7.82 Å². The number of carbonyl (C=O) groups is 1. The fraction of sp³-hybridized carbons (Fsp3) is 0.800. The van der Waals surface area contributed by atoms with E-state index in [0.29, 0.717) is 17.4 Å². The van der Waals surface area contributed by atoms with Crippen LogP contribution < -0.4 is 5.32 Å². The SMILES string of the molecule is CCC/C=C/CC/C=C/C(O)C(COP(=O)(O)OCC[N+](C)(C)C)NC(=O)CCCCCCCCCCCCCCC/C=C\C/C=C\CCCCCCC. The Morgan fingerprint density at radius 3 is 1.65 bits per heavy atom. The predicted octanol–water partition coefficient (Wildman–Crippen LogP) is 12.1. The number of quaternary nitrogens is 1. The molecule has 0 aromatic rings. The zero-order valence-electron chi connectivity index (χ0n) is 35.7. The first kappa shape index (κ1) is 52.5. The van der Waals surface area contributed by atoms with Crippen LogP contribution in [0.4, 0.5) is 0 Å². The fourth-order valence-electron chi connectivity index (χ4n) is 5.98. The third-order valence-electron chi connectivity index (χ3n) is 9.50. The molecule has 0 aliphatic carbocycles. The van der Waals surface area contributed by atoms with Gasteiger partial charge in [0, 0.05) is 6.42 Å². The molecule has 0 radical (unpaired) electrons. The van der Waals surface area contributed by atoms with Crippen molar-refractivity contribution in [3.05, 3.63) is 48.6 Å². The highest BCUT2D eigenvalue weighted by Crippen LogP contribution is 2.43. The number of unbranched alkanes of at least 4 members (excludes halogenated alkanes) is 20. The van der Waals surface area contributed by atoms with Crippen LogP contribution in [0.5, 0.6) is 0 Å². The molecule has 3 unspecified atom stereocenters. The Morgan fingerprint density at radius 2 is 1.11 bits per heavy atom. The molecule has 8 nitrogen and oxygen atoms in total. The predicted molar refractivity (Wildman–Crippen MR) is 231 cm³/mol. The smallest absolute Gasteiger partial charge is 0.387 e. The minimum atomic E-state index is -4.33. The van der Waals surface area contributed by atoms with E-state index in [0.717, 1.165) is 51.4 Å². The third-order valence-corrected chi connectivity index (χ3v) is 10.5. The van der Waals surface area contributed by atoms with Gasteiger partial charge in [0.2, 0.25) is 5.91 Å². The largest absolute Gasteiger partial charge is 0.472 e. The molecule has 0 heterocycles. The second-order valence-corrected chi connectivity index (χ2v) is 17.5. The van der Waals surface area contributed by atoms with Gasteiger partial charge in [-0.05, 0) is 57.8 Å². The highest BCUT2D eigenvalue weighted by molar-refractivity contribution is 7.47. The maximum atomic E-state index is 12.8. The lowest BCUT2D eigenvalue weighted by atomic mass is 10.0. The summed E-state index contributed by atoms with van der Waals surface area (Å²) in [5.74, 6) is -0.194. The fourth-order valence-corrected chi connectivity index (χ4v) is 6.71. The quantitative estimate of drug-likeness (QED) is 0.0248. The van der Waals surface area contributed by atoms with Crippen molar-refractivity contribution in [1.29, 1.82) is 0 Å². The van der Waals surface area contributed by atoms with Gasteiger partial charge in [-0.3, -0.25) is 13.8 Å². The van der Waals surface area contributed by atoms with Crippen LogP contribution >= 0.6 is 7.82 Å². The highest BCUT2D eigenvalue weighted by atomic mass is 31.2. The molecular weight excluding hydrogens is 695 g/mol. The highest BCUT2D eigenvalue weighted by Gasteiger charge is 2.27. The summed E-state index contributed by atoms with van der Waals surface area (Å²) in [6.45, 7) is 4.66. The number of carbonyl (C=O) groups excluding carboxylic acids is 1. The molecule has 0 saturated heterocycles. The second-order valence-electron chi connectivity index (χ2n) is 16.1. The average Bonchev–Trinajstić information content (AvgIpc) is 3.12. The zero-order valence-corrected chi connectivity index (χ0v) is 36.6. The van der Waals surface area contributed by atoms with Gasteiger partial charge in [0.15, 0.2) is 0 Å². The number of phosphoric ester groups is 1. The Morgan fingerprint density at radius 1 is 0.630 bits per heavy atom. The van der Waals surface area contributed by atoms with Gasteiger partial charge in [0.05, 0.1) is 39.9 Å². The molecule has 1 amide bonds. The summed E-state index contributed by atoms with van der Waals surface area (Å²) in [7, 11) is 1.55. The minimum absolute atomic E-state index is 0.0544. The van der Waals surface area contributed by atoms with Crippen molar-refractivity contribution < 1.29 is 32.9 Å². The van der Waals surface area contributed by atoms with E-state index in [4.69, 9.17) is 9.05 Å². The van der Waals surface area contributed by atoms with Crippen LogP contribution in [0.1, 0.15) is 181 Å². The number of likely N-dealkylation sites (N-methyl/N-ethyl adjacent to an activating group) is 1. The lowest BCUT2D eigenvalue weighted by molar-refractivity contribution is -0.870. The molecule has 9 heteroatoms. The molecule has 3 N–H and O–H groups in total. The van der Waals surface area contributed by atoms with E-state index in [1.165, 1.54) is 109 Å². The van der Waals surface area contributed by atoms with E-state index in [9.17, 15) is 19.4 Å². The molecule has 54 heavy (non-hydrogen) atoms. The summed E-state index contributed by atoms with van der Waals surface area (Å²) in [6.07, 6.45) is 46.5. The van der Waals surface area contributed by atoms with E-state index in [-0.39, 0.29) is 19.1 Å². The molecule has 0 spiro atoms. The Labute approximate surface area is 333 Å². The maximum Gasteiger partial charge on any atom is 0.472 e. The molecule has 0 aliphatic rings. The van der Waals surface area contributed by atoms with Crippen LogP contribution in [0.3, 0.4) is 0 Å². The van der Waals surface area contributed by atoms with Gasteiger partial charge in [0.25, 0.3) is 0 Å². The Bertz CT molecular complexity index is 1020. The van der Waals surface area contributed by atoms with E-state index < -0.39 is 20.0 Å². The van der Waals surface area contributed by atoms with Crippen molar-refractivity contribution in [2.24, 2.45) is 0 Å². The molecule has 0 saturated carbocycles. The summed E-state index contributed by atoms with van der Waals surface area (Å²) in [5.41, 5.74) is 0. The maximum absolute atomic E-state index is 12.8.